The van der Waals surface area contributed by atoms with E-state index >= 15 is 0 Å². The molecule has 176 valence electrons. The zero-order valence-electron chi connectivity index (χ0n) is 18.8. The molecule has 7 nitrogen and oxygen atoms in total. The molecule has 33 heavy (non-hydrogen) atoms. The quantitative estimate of drug-likeness (QED) is 0.523. The number of amides is 1. The Morgan fingerprint density at radius 2 is 1.64 bits per heavy atom. The Morgan fingerprint density at radius 1 is 0.909 bits per heavy atom. The Bertz CT molecular complexity index is 1100. The second kappa shape index (κ2) is 9.54. The van der Waals surface area contributed by atoms with Gasteiger partial charge in [-0.25, -0.2) is 13.1 Å². The van der Waals surface area contributed by atoms with Crippen molar-refractivity contribution in [3.05, 3.63) is 64.7 Å². The number of sulfonamides is 1. The zero-order valence-corrected chi connectivity index (χ0v) is 19.6. The highest BCUT2D eigenvalue weighted by Crippen LogP contribution is 2.27. The first-order valence-corrected chi connectivity index (χ1v) is 13.5. The van der Waals surface area contributed by atoms with Gasteiger partial charge >= 0.3 is 0 Å². The van der Waals surface area contributed by atoms with Gasteiger partial charge in [0, 0.05) is 30.2 Å². The molecule has 0 bridgehead atoms. The van der Waals surface area contributed by atoms with Crippen LogP contribution in [0.15, 0.2) is 47.4 Å². The number of benzene rings is 2. The molecule has 1 heterocycles. The summed E-state index contributed by atoms with van der Waals surface area (Å²) >= 11 is 0. The van der Waals surface area contributed by atoms with Crippen molar-refractivity contribution in [3.8, 4) is 0 Å². The largest absolute Gasteiger partial charge is 0.349 e. The maximum Gasteiger partial charge on any atom is 0.251 e. The second-order valence-electron chi connectivity index (χ2n) is 9.51. The highest BCUT2D eigenvalue weighted by Gasteiger charge is 2.27. The van der Waals surface area contributed by atoms with E-state index in [4.69, 9.17) is 0 Å². The van der Waals surface area contributed by atoms with Gasteiger partial charge in [0.2, 0.25) is 10.0 Å². The number of nitrogens with one attached hydrogen (secondary N) is 4. The molecule has 2 fully saturated rings. The Kier molecular flexibility index (Phi) is 6.51. The SMILES string of the molecule is O=C(NC1Cc2ccccc2C1)c1cc(C2CCNN2)cc(S(=O)(=O)NC2CCCCC2)c1. The molecule has 1 saturated carbocycles. The smallest absolute Gasteiger partial charge is 0.251 e. The number of carbonyl (C=O) groups excluding carboxylic acids is 1. The molecular weight excluding hydrogens is 436 g/mol. The lowest BCUT2D eigenvalue weighted by atomic mass is 9.96. The second-order valence-corrected chi connectivity index (χ2v) is 11.2. The number of fused-ring (bicyclic) bond motifs is 1. The van der Waals surface area contributed by atoms with E-state index in [2.05, 4.69) is 33.0 Å². The van der Waals surface area contributed by atoms with Crippen molar-refractivity contribution in [1.29, 1.82) is 0 Å². The van der Waals surface area contributed by atoms with Gasteiger partial charge in [0.15, 0.2) is 0 Å². The molecule has 0 spiro atoms. The lowest BCUT2D eigenvalue weighted by molar-refractivity contribution is 0.0938. The molecule has 5 rings (SSSR count). The molecular formula is C25H32N4O3S. The summed E-state index contributed by atoms with van der Waals surface area (Å²) in [4.78, 5) is 13.4. The lowest BCUT2D eigenvalue weighted by Gasteiger charge is -2.23. The summed E-state index contributed by atoms with van der Waals surface area (Å²) in [5.74, 6) is -0.227. The highest BCUT2D eigenvalue weighted by atomic mass is 32.2. The van der Waals surface area contributed by atoms with Crippen LogP contribution in [0.4, 0.5) is 0 Å². The van der Waals surface area contributed by atoms with E-state index in [0.29, 0.717) is 5.56 Å². The van der Waals surface area contributed by atoms with Gasteiger partial charge in [0.25, 0.3) is 5.91 Å². The monoisotopic (exact) mass is 468 g/mol. The third-order valence-corrected chi connectivity index (χ3v) is 8.55. The summed E-state index contributed by atoms with van der Waals surface area (Å²) in [6, 6.07) is 13.2. The predicted octanol–water partition coefficient (Wildman–Crippen LogP) is 2.73. The van der Waals surface area contributed by atoms with Gasteiger partial charge in [-0.15, -0.1) is 0 Å². The number of hydrogen-bond acceptors (Lipinski definition) is 5. The van der Waals surface area contributed by atoms with E-state index in [1.165, 1.54) is 17.2 Å². The normalized spacial score (nSPS) is 21.8. The molecule has 1 saturated heterocycles. The van der Waals surface area contributed by atoms with Gasteiger partial charge in [0.05, 0.1) is 4.90 Å². The first-order chi connectivity index (χ1) is 16.0. The third kappa shape index (κ3) is 5.14. The minimum atomic E-state index is -3.72. The molecule has 1 aliphatic heterocycles. The van der Waals surface area contributed by atoms with Crippen LogP contribution < -0.4 is 20.9 Å². The summed E-state index contributed by atoms with van der Waals surface area (Å²) in [7, 11) is -3.72. The molecule has 1 unspecified atom stereocenters. The summed E-state index contributed by atoms with van der Waals surface area (Å²) in [6.45, 7) is 0.795. The van der Waals surface area contributed by atoms with Crippen molar-refractivity contribution in [2.45, 2.75) is 74.4 Å². The van der Waals surface area contributed by atoms with Crippen molar-refractivity contribution in [1.82, 2.24) is 20.9 Å². The average molecular weight is 469 g/mol. The van der Waals surface area contributed by atoms with Crippen LogP contribution >= 0.6 is 0 Å². The molecule has 2 aliphatic carbocycles. The summed E-state index contributed by atoms with van der Waals surface area (Å²) < 4.78 is 29.4. The van der Waals surface area contributed by atoms with Gasteiger partial charge in [-0.2, -0.15) is 0 Å². The molecule has 3 aliphatic rings. The summed E-state index contributed by atoms with van der Waals surface area (Å²) in [6.07, 6.45) is 7.39. The molecule has 1 atom stereocenters. The van der Waals surface area contributed by atoms with Gasteiger partial charge in [0.1, 0.15) is 0 Å². The number of carbonyl (C=O) groups is 1. The van der Waals surface area contributed by atoms with Crippen molar-refractivity contribution in [2.75, 3.05) is 6.54 Å². The number of rotatable bonds is 6. The van der Waals surface area contributed by atoms with Crippen LogP contribution in [-0.2, 0) is 22.9 Å². The van der Waals surface area contributed by atoms with Crippen molar-refractivity contribution in [2.24, 2.45) is 0 Å². The zero-order chi connectivity index (χ0) is 22.8. The van der Waals surface area contributed by atoms with Crippen LogP contribution in [0, 0.1) is 0 Å². The van der Waals surface area contributed by atoms with Crippen LogP contribution in [0.2, 0.25) is 0 Å². The van der Waals surface area contributed by atoms with E-state index in [1.54, 1.807) is 6.07 Å². The van der Waals surface area contributed by atoms with Crippen molar-refractivity contribution < 1.29 is 13.2 Å². The maximum atomic E-state index is 13.3. The van der Waals surface area contributed by atoms with Crippen molar-refractivity contribution in [3.63, 3.8) is 0 Å². The first kappa shape index (κ1) is 22.5. The average Bonchev–Trinajstić information content (AvgIpc) is 3.49. The highest BCUT2D eigenvalue weighted by molar-refractivity contribution is 7.89. The Balaban J connectivity index is 1.39. The molecule has 1 amide bonds. The van der Waals surface area contributed by atoms with Crippen LogP contribution in [0.5, 0.6) is 0 Å². The van der Waals surface area contributed by atoms with Crippen molar-refractivity contribution >= 4 is 15.9 Å². The molecule has 4 N–H and O–H groups in total. The van der Waals surface area contributed by atoms with Crippen LogP contribution in [0.3, 0.4) is 0 Å². The molecule has 2 aromatic rings. The summed E-state index contributed by atoms with van der Waals surface area (Å²) in [5, 5.41) is 3.13. The predicted molar refractivity (Wildman–Crippen MR) is 127 cm³/mol. The van der Waals surface area contributed by atoms with E-state index in [-0.39, 0.29) is 28.9 Å². The van der Waals surface area contributed by atoms with Crippen LogP contribution in [0.25, 0.3) is 0 Å². The fourth-order valence-corrected chi connectivity index (χ4v) is 6.67. The molecule has 2 aromatic carbocycles. The van der Waals surface area contributed by atoms with Crippen LogP contribution in [0.1, 0.15) is 71.6 Å². The molecule has 0 radical (unpaired) electrons. The van der Waals surface area contributed by atoms with Gasteiger partial charge < -0.3 is 5.32 Å². The Labute approximate surface area is 195 Å². The maximum absolute atomic E-state index is 13.3. The first-order valence-electron chi connectivity index (χ1n) is 12.0. The van der Waals surface area contributed by atoms with Gasteiger partial charge in [-0.3, -0.25) is 15.6 Å². The summed E-state index contributed by atoms with van der Waals surface area (Å²) in [5.41, 5.74) is 10.0. The van der Waals surface area contributed by atoms with E-state index < -0.39 is 10.0 Å². The molecule has 0 aromatic heterocycles. The van der Waals surface area contributed by atoms with E-state index in [0.717, 1.165) is 63.5 Å². The van der Waals surface area contributed by atoms with E-state index in [9.17, 15) is 13.2 Å². The topological polar surface area (TPSA) is 99.3 Å². The molecule has 8 heteroatoms. The van der Waals surface area contributed by atoms with Gasteiger partial charge in [-0.1, -0.05) is 43.5 Å². The number of hydrazine groups is 1. The Morgan fingerprint density at radius 3 is 2.30 bits per heavy atom. The lowest BCUT2D eigenvalue weighted by Crippen LogP contribution is -2.37. The number of hydrogen-bond donors (Lipinski definition) is 4. The van der Waals surface area contributed by atoms with Crippen LogP contribution in [-0.4, -0.2) is 33.0 Å². The Hall–Kier alpha value is -2.26. The minimum Gasteiger partial charge on any atom is -0.349 e. The fourth-order valence-electron chi connectivity index (χ4n) is 5.28. The minimum absolute atomic E-state index is 0.0187. The fraction of sp³-hybridized carbons (Fsp3) is 0.480. The standard InChI is InChI=1S/C25H32N4O3S/c30-25(27-22-13-17-6-4-5-7-18(17)14-22)20-12-19(24-10-11-26-28-24)15-23(16-20)33(31,32)29-21-8-2-1-3-9-21/h4-7,12,15-16,21-22,24,26,28-29H,1-3,8-11,13-14H2,(H,27,30). The van der Waals surface area contributed by atoms with E-state index in [1.807, 2.05) is 18.2 Å². The van der Waals surface area contributed by atoms with Gasteiger partial charge in [-0.05, 0) is 67.0 Å². The third-order valence-electron chi connectivity index (χ3n) is 7.05.